The Kier molecular flexibility index (Phi) is 2.32. The van der Waals surface area contributed by atoms with E-state index in [0.29, 0.717) is 0 Å². The van der Waals surface area contributed by atoms with Crippen molar-refractivity contribution in [1.82, 2.24) is 9.55 Å². The highest BCUT2D eigenvalue weighted by atomic mass is 15.1. The van der Waals surface area contributed by atoms with Crippen molar-refractivity contribution < 1.29 is 0 Å². The summed E-state index contributed by atoms with van der Waals surface area (Å²) >= 11 is 0. The summed E-state index contributed by atoms with van der Waals surface area (Å²) in [6.45, 7) is 3.03. The molecule has 0 spiro atoms. The minimum absolute atomic E-state index is 0.113. The minimum Gasteiger partial charge on any atom is -0.328 e. The Labute approximate surface area is 97.0 Å². The van der Waals surface area contributed by atoms with Crippen molar-refractivity contribution >= 4 is 0 Å². The van der Waals surface area contributed by atoms with Gasteiger partial charge >= 0.3 is 0 Å². The Hall–Kier alpha value is -0.830. The molecule has 1 unspecified atom stereocenters. The molecule has 0 bridgehead atoms. The number of hydrogen-bond acceptors (Lipinski definition) is 2. The predicted molar refractivity (Wildman–Crippen MR) is 64.2 cm³/mol. The molecule has 0 saturated heterocycles. The molecule has 0 aliphatic heterocycles. The van der Waals surface area contributed by atoms with E-state index >= 15 is 0 Å². The molecule has 2 saturated carbocycles. The number of nitrogens with zero attached hydrogens (tertiary/aromatic N) is 2. The van der Waals surface area contributed by atoms with Gasteiger partial charge in [-0.05, 0) is 38.5 Å². The van der Waals surface area contributed by atoms with E-state index < -0.39 is 0 Å². The van der Waals surface area contributed by atoms with Crippen molar-refractivity contribution in [2.75, 3.05) is 6.54 Å². The summed E-state index contributed by atoms with van der Waals surface area (Å²) in [6.07, 6.45) is 10.7. The van der Waals surface area contributed by atoms with Gasteiger partial charge in [0.25, 0.3) is 0 Å². The Morgan fingerprint density at radius 2 is 2.19 bits per heavy atom. The smallest absolute Gasteiger partial charge is 0.0953 e. The summed E-state index contributed by atoms with van der Waals surface area (Å²) < 4.78 is 2.38. The standard InChI is InChI=1S/C13H21N3/c1-13(8-14,11-5-6-11)16-9-15-7-12(16)10-3-2-4-10/h7,9-11H,2-6,8,14H2,1H3. The average molecular weight is 219 g/mol. The fourth-order valence-corrected chi connectivity index (χ4v) is 2.91. The molecule has 2 N–H and O–H groups in total. The van der Waals surface area contributed by atoms with Crippen LogP contribution in [0, 0.1) is 5.92 Å². The van der Waals surface area contributed by atoms with Gasteiger partial charge < -0.3 is 10.3 Å². The molecular formula is C13H21N3. The fraction of sp³-hybridized carbons (Fsp3) is 0.769. The third-order valence-corrected chi connectivity index (χ3v) is 4.61. The van der Waals surface area contributed by atoms with Crippen molar-refractivity contribution in [3.8, 4) is 0 Å². The van der Waals surface area contributed by atoms with E-state index in [9.17, 15) is 0 Å². The zero-order valence-electron chi connectivity index (χ0n) is 10.0. The lowest BCUT2D eigenvalue weighted by Gasteiger charge is -2.35. The zero-order valence-corrected chi connectivity index (χ0v) is 10.0. The Morgan fingerprint density at radius 1 is 1.44 bits per heavy atom. The molecule has 0 aromatic carbocycles. The molecule has 88 valence electrons. The highest BCUT2D eigenvalue weighted by molar-refractivity contribution is 5.14. The van der Waals surface area contributed by atoms with Crippen LogP contribution in [0.5, 0.6) is 0 Å². The van der Waals surface area contributed by atoms with Gasteiger partial charge in [0.05, 0.1) is 11.9 Å². The van der Waals surface area contributed by atoms with Crippen LogP contribution in [-0.2, 0) is 5.54 Å². The monoisotopic (exact) mass is 219 g/mol. The highest BCUT2D eigenvalue weighted by Crippen LogP contribution is 2.46. The first-order valence-corrected chi connectivity index (χ1v) is 6.48. The van der Waals surface area contributed by atoms with E-state index in [2.05, 4.69) is 22.7 Å². The Morgan fingerprint density at radius 3 is 2.69 bits per heavy atom. The van der Waals surface area contributed by atoms with Gasteiger partial charge in [-0.3, -0.25) is 0 Å². The van der Waals surface area contributed by atoms with E-state index in [1.165, 1.54) is 37.8 Å². The van der Waals surface area contributed by atoms with E-state index in [4.69, 9.17) is 5.73 Å². The first-order chi connectivity index (χ1) is 7.75. The van der Waals surface area contributed by atoms with Crippen LogP contribution < -0.4 is 5.73 Å². The molecular weight excluding hydrogens is 198 g/mol. The van der Waals surface area contributed by atoms with E-state index in [1.807, 2.05) is 6.33 Å². The zero-order chi connectivity index (χ0) is 11.2. The van der Waals surface area contributed by atoms with Crippen LogP contribution in [-0.4, -0.2) is 16.1 Å². The largest absolute Gasteiger partial charge is 0.328 e. The lowest BCUT2D eigenvalue weighted by atomic mass is 9.82. The minimum atomic E-state index is 0.113. The van der Waals surface area contributed by atoms with Crippen LogP contribution in [0.15, 0.2) is 12.5 Å². The molecule has 3 nitrogen and oxygen atoms in total. The Bertz CT molecular complexity index is 376. The van der Waals surface area contributed by atoms with E-state index in [0.717, 1.165) is 18.4 Å². The van der Waals surface area contributed by atoms with Gasteiger partial charge in [0.15, 0.2) is 0 Å². The molecule has 1 heterocycles. The van der Waals surface area contributed by atoms with Crippen molar-refractivity contribution in [3.05, 3.63) is 18.2 Å². The summed E-state index contributed by atoms with van der Waals surface area (Å²) in [5, 5.41) is 0. The molecule has 0 radical (unpaired) electrons. The number of rotatable bonds is 4. The van der Waals surface area contributed by atoms with Gasteiger partial charge in [0.1, 0.15) is 0 Å². The van der Waals surface area contributed by atoms with Gasteiger partial charge in [-0.15, -0.1) is 0 Å². The molecule has 0 amide bonds. The summed E-state index contributed by atoms with van der Waals surface area (Å²) in [5.41, 5.74) is 7.55. The summed E-state index contributed by atoms with van der Waals surface area (Å²) in [5.74, 6) is 1.51. The van der Waals surface area contributed by atoms with Gasteiger partial charge in [-0.2, -0.15) is 0 Å². The quantitative estimate of drug-likeness (QED) is 0.844. The van der Waals surface area contributed by atoms with Gasteiger partial charge in [0, 0.05) is 24.4 Å². The van der Waals surface area contributed by atoms with Crippen LogP contribution in [0.2, 0.25) is 0 Å². The molecule has 1 atom stereocenters. The second-order valence-corrected chi connectivity index (χ2v) is 5.65. The van der Waals surface area contributed by atoms with Crippen molar-refractivity contribution in [2.24, 2.45) is 11.7 Å². The van der Waals surface area contributed by atoms with Crippen LogP contribution >= 0.6 is 0 Å². The molecule has 1 aromatic rings. The van der Waals surface area contributed by atoms with E-state index in [1.54, 1.807) is 0 Å². The van der Waals surface area contributed by atoms with Crippen LogP contribution in [0.3, 0.4) is 0 Å². The van der Waals surface area contributed by atoms with Crippen LogP contribution in [0.1, 0.15) is 50.6 Å². The van der Waals surface area contributed by atoms with Crippen LogP contribution in [0.4, 0.5) is 0 Å². The highest BCUT2D eigenvalue weighted by Gasteiger charge is 2.43. The summed E-state index contributed by atoms with van der Waals surface area (Å²) in [6, 6.07) is 0. The predicted octanol–water partition coefficient (Wildman–Crippen LogP) is 2.23. The molecule has 1 aromatic heterocycles. The Balaban J connectivity index is 1.94. The summed E-state index contributed by atoms with van der Waals surface area (Å²) in [7, 11) is 0. The molecule has 3 heteroatoms. The van der Waals surface area contributed by atoms with Crippen molar-refractivity contribution in [2.45, 2.75) is 50.5 Å². The second-order valence-electron chi connectivity index (χ2n) is 5.65. The van der Waals surface area contributed by atoms with Gasteiger partial charge in [-0.25, -0.2) is 4.98 Å². The van der Waals surface area contributed by atoms with Gasteiger partial charge in [-0.1, -0.05) is 6.42 Å². The first kappa shape index (κ1) is 10.3. The lowest BCUT2D eigenvalue weighted by molar-refractivity contribution is 0.257. The molecule has 2 fully saturated rings. The van der Waals surface area contributed by atoms with Gasteiger partial charge in [0.2, 0.25) is 0 Å². The number of hydrogen-bond donors (Lipinski definition) is 1. The second kappa shape index (κ2) is 3.59. The maximum atomic E-state index is 6.02. The third-order valence-electron chi connectivity index (χ3n) is 4.61. The number of imidazole rings is 1. The summed E-state index contributed by atoms with van der Waals surface area (Å²) in [4.78, 5) is 4.36. The number of aromatic nitrogens is 2. The fourth-order valence-electron chi connectivity index (χ4n) is 2.91. The maximum absolute atomic E-state index is 6.02. The molecule has 3 rings (SSSR count). The molecule has 2 aliphatic rings. The SMILES string of the molecule is CC(CN)(C1CC1)n1cncc1C1CCC1. The van der Waals surface area contributed by atoms with Crippen molar-refractivity contribution in [1.29, 1.82) is 0 Å². The van der Waals surface area contributed by atoms with E-state index in [-0.39, 0.29) is 5.54 Å². The third kappa shape index (κ3) is 1.41. The maximum Gasteiger partial charge on any atom is 0.0953 e. The molecule has 2 aliphatic carbocycles. The topological polar surface area (TPSA) is 43.8 Å². The molecule has 16 heavy (non-hydrogen) atoms. The lowest BCUT2D eigenvalue weighted by Crippen LogP contribution is -2.41. The average Bonchev–Trinajstić information content (AvgIpc) is 2.96. The normalized spacial score (nSPS) is 25.1. The first-order valence-electron chi connectivity index (χ1n) is 6.48. The number of nitrogens with two attached hydrogens (primary N) is 1. The van der Waals surface area contributed by atoms with Crippen LogP contribution in [0.25, 0.3) is 0 Å². The van der Waals surface area contributed by atoms with Crippen molar-refractivity contribution in [3.63, 3.8) is 0 Å².